The first kappa shape index (κ1) is 9.59. The minimum atomic E-state index is 0.218. The molecule has 1 saturated heterocycles. The number of hydrogen-bond acceptors (Lipinski definition) is 3. The Hall–Kier alpha value is -0.960. The number of hydrogen-bond donors (Lipinski definition) is 2. The number of dihydropyridines is 1. The Morgan fingerprint density at radius 2 is 2.36 bits per heavy atom. The summed E-state index contributed by atoms with van der Waals surface area (Å²) in [5, 5.41) is 3.32. The Bertz CT molecular complexity index is 257. The Labute approximate surface area is 85.6 Å². The summed E-state index contributed by atoms with van der Waals surface area (Å²) in [6, 6.07) is 0.639. The van der Waals surface area contributed by atoms with Crippen LogP contribution in [0.5, 0.6) is 0 Å². The smallest absolute Gasteiger partial charge is 0.120 e. The largest absolute Gasteiger partial charge is 0.399 e. The van der Waals surface area contributed by atoms with Crippen LogP contribution in [0.25, 0.3) is 0 Å². The fourth-order valence-corrected chi connectivity index (χ4v) is 2.28. The fraction of sp³-hybridized carbons (Fsp3) is 0.636. The summed E-state index contributed by atoms with van der Waals surface area (Å²) < 4.78 is 0. The summed E-state index contributed by atoms with van der Waals surface area (Å²) in [7, 11) is 0. The van der Waals surface area contributed by atoms with Crippen LogP contribution < -0.4 is 11.1 Å². The molecule has 3 nitrogen and oxygen atoms in total. The number of piperidine rings is 1. The Balaban J connectivity index is 2.06. The molecule has 14 heavy (non-hydrogen) atoms. The lowest BCUT2D eigenvalue weighted by atomic mass is 10.0. The number of rotatable bonds is 1. The van der Waals surface area contributed by atoms with Crippen LogP contribution in [0.1, 0.15) is 26.2 Å². The van der Waals surface area contributed by atoms with E-state index in [1.165, 1.54) is 19.3 Å². The van der Waals surface area contributed by atoms with Gasteiger partial charge in [0.2, 0.25) is 0 Å². The second kappa shape index (κ2) is 4.05. The maximum absolute atomic E-state index is 5.98. The standard InChI is InChI=1S/C11H19N3/c1-9-5-2-3-8-14(9)11-10(12)6-4-7-13-11/h4,6-7,9,11,13H,2-3,5,8,12H2,1H3/t9-,11?/m1/s1. The number of likely N-dealkylation sites (tertiary alicyclic amines) is 1. The minimum Gasteiger partial charge on any atom is -0.399 e. The van der Waals surface area contributed by atoms with Gasteiger partial charge in [-0.25, -0.2) is 0 Å². The molecular weight excluding hydrogens is 174 g/mol. The van der Waals surface area contributed by atoms with Crippen molar-refractivity contribution < 1.29 is 0 Å². The van der Waals surface area contributed by atoms with Gasteiger partial charge in [0.15, 0.2) is 0 Å². The molecule has 0 bridgehead atoms. The molecule has 0 aliphatic carbocycles. The molecule has 0 spiro atoms. The maximum atomic E-state index is 5.98. The van der Waals surface area contributed by atoms with Crippen molar-refractivity contribution in [2.24, 2.45) is 5.73 Å². The van der Waals surface area contributed by atoms with Gasteiger partial charge < -0.3 is 11.1 Å². The van der Waals surface area contributed by atoms with Crippen LogP contribution in [0.3, 0.4) is 0 Å². The average Bonchev–Trinajstić information content (AvgIpc) is 2.20. The highest BCUT2D eigenvalue weighted by molar-refractivity contribution is 5.20. The molecule has 0 saturated carbocycles. The van der Waals surface area contributed by atoms with Crippen molar-refractivity contribution in [3.63, 3.8) is 0 Å². The van der Waals surface area contributed by atoms with Crippen molar-refractivity contribution in [1.82, 2.24) is 10.2 Å². The third kappa shape index (κ3) is 1.77. The van der Waals surface area contributed by atoms with Gasteiger partial charge in [0, 0.05) is 18.3 Å². The number of nitrogens with zero attached hydrogens (tertiary/aromatic N) is 1. The Morgan fingerprint density at radius 3 is 3.07 bits per heavy atom. The summed E-state index contributed by atoms with van der Waals surface area (Å²) in [6.45, 7) is 3.44. The third-order valence-corrected chi connectivity index (χ3v) is 3.14. The van der Waals surface area contributed by atoms with Crippen molar-refractivity contribution in [2.45, 2.75) is 38.4 Å². The molecule has 1 unspecified atom stereocenters. The van der Waals surface area contributed by atoms with Crippen molar-refractivity contribution in [2.75, 3.05) is 6.54 Å². The monoisotopic (exact) mass is 193 g/mol. The van der Waals surface area contributed by atoms with Crippen LogP contribution in [0.2, 0.25) is 0 Å². The highest BCUT2D eigenvalue weighted by atomic mass is 15.3. The van der Waals surface area contributed by atoms with E-state index in [4.69, 9.17) is 5.73 Å². The van der Waals surface area contributed by atoms with Gasteiger partial charge in [-0.15, -0.1) is 0 Å². The van der Waals surface area contributed by atoms with E-state index in [1.807, 2.05) is 18.4 Å². The van der Waals surface area contributed by atoms with Crippen molar-refractivity contribution in [1.29, 1.82) is 0 Å². The van der Waals surface area contributed by atoms with E-state index in [1.54, 1.807) is 0 Å². The van der Waals surface area contributed by atoms with E-state index in [9.17, 15) is 0 Å². The van der Waals surface area contributed by atoms with Crippen LogP contribution in [-0.4, -0.2) is 23.7 Å². The van der Waals surface area contributed by atoms with E-state index in [0.717, 1.165) is 12.2 Å². The number of allylic oxidation sites excluding steroid dienone is 2. The molecule has 2 atom stereocenters. The van der Waals surface area contributed by atoms with E-state index in [-0.39, 0.29) is 6.17 Å². The lowest BCUT2D eigenvalue weighted by Crippen LogP contribution is -2.53. The zero-order valence-corrected chi connectivity index (χ0v) is 8.74. The predicted octanol–water partition coefficient (Wildman–Crippen LogP) is 1.15. The molecule has 0 radical (unpaired) electrons. The first-order valence-corrected chi connectivity index (χ1v) is 5.43. The molecule has 0 aromatic rings. The summed E-state index contributed by atoms with van der Waals surface area (Å²) in [5.41, 5.74) is 6.91. The number of nitrogens with two attached hydrogens (primary N) is 1. The van der Waals surface area contributed by atoms with E-state index < -0.39 is 0 Å². The lowest BCUT2D eigenvalue weighted by Gasteiger charge is -2.40. The van der Waals surface area contributed by atoms with Gasteiger partial charge in [0.05, 0.1) is 0 Å². The second-order valence-electron chi connectivity index (χ2n) is 4.18. The van der Waals surface area contributed by atoms with Crippen LogP contribution in [-0.2, 0) is 0 Å². The summed E-state index contributed by atoms with van der Waals surface area (Å²) >= 11 is 0. The minimum absolute atomic E-state index is 0.218. The second-order valence-corrected chi connectivity index (χ2v) is 4.18. The van der Waals surface area contributed by atoms with Crippen molar-refractivity contribution >= 4 is 0 Å². The van der Waals surface area contributed by atoms with Gasteiger partial charge in [-0.1, -0.05) is 6.42 Å². The topological polar surface area (TPSA) is 41.3 Å². The molecule has 3 N–H and O–H groups in total. The average molecular weight is 193 g/mol. The zero-order valence-electron chi connectivity index (χ0n) is 8.74. The molecule has 1 fully saturated rings. The van der Waals surface area contributed by atoms with Gasteiger partial charge in [-0.3, -0.25) is 4.90 Å². The van der Waals surface area contributed by atoms with Gasteiger partial charge in [0.1, 0.15) is 6.17 Å². The zero-order chi connectivity index (χ0) is 9.97. The normalized spacial score (nSPS) is 33.6. The first-order chi connectivity index (χ1) is 6.79. The van der Waals surface area contributed by atoms with E-state index >= 15 is 0 Å². The van der Waals surface area contributed by atoms with Gasteiger partial charge in [0.25, 0.3) is 0 Å². The van der Waals surface area contributed by atoms with Crippen molar-refractivity contribution in [3.8, 4) is 0 Å². The van der Waals surface area contributed by atoms with E-state index in [0.29, 0.717) is 6.04 Å². The van der Waals surface area contributed by atoms with Gasteiger partial charge in [-0.2, -0.15) is 0 Å². The fourth-order valence-electron chi connectivity index (χ4n) is 2.28. The first-order valence-electron chi connectivity index (χ1n) is 5.43. The molecule has 78 valence electrons. The summed E-state index contributed by atoms with van der Waals surface area (Å²) in [4.78, 5) is 2.46. The molecule has 2 heterocycles. The summed E-state index contributed by atoms with van der Waals surface area (Å²) in [5.74, 6) is 0. The molecule has 3 heteroatoms. The summed E-state index contributed by atoms with van der Waals surface area (Å²) in [6.07, 6.45) is 10.1. The van der Waals surface area contributed by atoms with Gasteiger partial charge >= 0.3 is 0 Å². The highest BCUT2D eigenvalue weighted by Crippen LogP contribution is 2.20. The molecule has 2 aliphatic rings. The quantitative estimate of drug-likeness (QED) is 0.656. The Morgan fingerprint density at radius 1 is 1.50 bits per heavy atom. The van der Waals surface area contributed by atoms with Crippen LogP contribution in [0, 0.1) is 0 Å². The maximum Gasteiger partial charge on any atom is 0.120 e. The van der Waals surface area contributed by atoms with E-state index in [2.05, 4.69) is 17.1 Å². The van der Waals surface area contributed by atoms with Crippen LogP contribution >= 0.6 is 0 Å². The third-order valence-electron chi connectivity index (χ3n) is 3.14. The lowest BCUT2D eigenvalue weighted by molar-refractivity contribution is 0.110. The molecule has 0 aromatic heterocycles. The molecule has 0 amide bonds. The van der Waals surface area contributed by atoms with Crippen molar-refractivity contribution in [3.05, 3.63) is 24.0 Å². The SMILES string of the molecule is C[C@@H]1CCCCN1C1NC=CC=C1N. The predicted molar refractivity (Wildman–Crippen MR) is 58.4 cm³/mol. The number of nitrogens with one attached hydrogen (secondary N) is 1. The molecule has 2 aliphatic heterocycles. The molecular formula is C11H19N3. The van der Waals surface area contributed by atoms with Crippen LogP contribution in [0.15, 0.2) is 24.0 Å². The van der Waals surface area contributed by atoms with Gasteiger partial charge in [-0.05, 0) is 38.1 Å². The van der Waals surface area contributed by atoms with Crippen LogP contribution in [0.4, 0.5) is 0 Å². The molecule has 0 aromatic carbocycles. The molecule has 2 rings (SSSR count). The highest BCUT2D eigenvalue weighted by Gasteiger charge is 2.27. The Kier molecular flexibility index (Phi) is 2.77.